The second-order valence-corrected chi connectivity index (χ2v) is 4.75. The summed E-state index contributed by atoms with van der Waals surface area (Å²) in [5, 5.41) is 0. The molecule has 1 fully saturated rings. The third-order valence-electron chi connectivity index (χ3n) is 3.59. The fourth-order valence-corrected chi connectivity index (χ4v) is 2.36. The molecule has 0 aliphatic heterocycles. The van der Waals surface area contributed by atoms with Crippen LogP contribution in [0.25, 0.3) is 0 Å². The van der Waals surface area contributed by atoms with Crippen LogP contribution in [0, 0.1) is 6.92 Å². The standard InChI is InChI=1S/C12H17F2NO/c1-9-2-3-10(16-9)11(8-15)4-6-12(13,14)7-5-11/h2-3H,4-8,15H2,1H3. The molecule has 1 aromatic heterocycles. The molecule has 90 valence electrons. The molecule has 0 saturated heterocycles. The number of alkyl halides is 2. The molecule has 1 aromatic rings. The van der Waals surface area contributed by atoms with Crippen LogP contribution in [0.15, 0.2) is 16.5 Å². The minimum atomic E-state index is -2.53. The van der Waals surface area contributed by atoms with E-state index in [1.807, 2.05) is 19.1 Å². The van der Waals surface area contributed by atoms with Gasteiger partial charge in [0.25, 0.3) is 0 Å². The molecule has 1 aliphatic carbocycles. The van der Waals surface area contributed by atoms with Gasteiger partial charge >= 0.3 is 0 Å². The predicted molar refractivity (Wildman–Crippen MR) is 57.6 cm³/mol. The van der Waals surface area contributed by atoms with Crippen molar-refractivity contribution >= 4 is 0 Å². The Kier molecular flexibility index (Phi) is 2.78. The monoisotopic (exact) mass is 229 g/mol. The van der Waals surface area contributed by atoms with Crippen molar-refractivity contribution in [2.45, 2.75) is 43.9 Å². The summed E-state index contributed by atoms with van der Waals surface area (Å²) in [6, 6.07) is 3.73. The van der Waals surface area contributed by atoms with Crippen molar-refractivity contribution in [2.75, 3.05) is 6.54 Å². The van der Waals surface area contributed by atoms with Gasteiger partial charge in [0.15, 0.2) is 0 Å². The average molecular weight is 229 g/mol. The molecule has 0 radical (unpaired) electrons. The largest absolute Gasteiger partial charge is 0.466 e. The predicted octanol–water partition coefficient (Wildman–Crippen LogP) is 2.99. The fraction of sp³-hybridized carbons (Fsp3) is 0.667. The van der Waals surface area contributed by atoms with Gasteiger partial charge in [-0.25, -0.2) is 8.78 Å². The van der Waals surface area contributed by atoms with E-state index in [0.717, 1.165) is 11.5 Å². The Labute approximate surface area is 93.8 Å². The van der Waals surface area contributed by atoms with Gasteiger partial charge in [-0.1, -0.05) is 0 Å². The Hall–Kier alpha value is -0.900. The number of hydrogen-bond donors (Lipinski definition) is 1. The van der Waals surface area contributed by atoms with E-state index in [9.17, 15) is 8.78 Å². The van der Waals surface area contributed by atoms with Gasteiger partial charge in [-0.2, -0.15) is 0 Å². The highest BCUT2D eigenvalue weighted by atomic mass is 19.3. The zero-order chi connectivity index (χ0) is 11.8. The summed E-state index contributed by atoms with van der Waals surface area (Å²) in [4.78, 5) is 0. The molecule has 1 saturated carbocycles. The van der Waals surface area contributed by atoms with Crippen molar-refractivity contribution < 1.29 is 13.2 Å². The van der Waals surface area contributed by atoms with Gasteiger partial charge in [0.1, 0.15) is 11.5 Å². The second-order valence-electron chi connectivity index (χ2n) is 4.75. The number of rotatable bonds is 2. The quantitative estimate of drug-likeness (QED) is 0.846. The normalized spacial score (nSPS) is 23.2. The molecule has 1 heterocycles. The van der Waals surface area contributed by atoms with Crippen molar-refractivity contribution in [3.05, 3.63) is 23.7 Å². The molecule has 0 spiro atoms. The Bertz CT molecular complexity index is 363. The Balaban J connectivity index is 2.22. The highest BCUT2D eigenvalue weighted by molar-refractivity contribution is 5.19. The van der Waals surface area contributed by atoms with Crippen LogP contribution in [-0.2, 0) is 5.41 Å². The zero-order valence-electron chi connectivity index (χ0n) is 9.43. The molecule has 2 rings (SSSR count). The first-order valence-electron chi connectivity index (χ1n) is 5.62. The van der Waals surface area contributed by atoms with E-state index in [4.69, 9.17) is 10.2 Å². The summed E-state index contributed by atoms with van der Waals surface area (Å²) < 4.78 is 31.8. The van der Waals surface area contributed by atoms with Crippen molar-refractivity contribution in [3.63, 3.8) is 0 Å². The third-order valence-corrected chi connectivity index (χ3v) is 3.59. The number of nitrogens with two attached hydrogens (primary N) is 1. The first-order valence-corrected chi connectivity index (χ1v) is 5.62. The molecule has 2 nitrogen and oxygen atoms in total. The summed E-state index contributed by atoms with van der Waals surface area (Å²) in [5.41, 5.74) is 5.38. The number of hydrogen-bond acceptors (Lipinski definition) is 2. The molecular weight excluding hydrogens is 212 g/mol. The van der Waals surface area contributed by atoms with Crippen LogP contribution in [0.4, 0.5) is 8.78 Å². The van der Waals surface area contributed by atoms with Gasteiger partial charge < -0.3 is 10.2 Å². The van der Waals surface area contributed by atoms with Gasteiger partial charge in [-0.3, -0.25) is 0 Å². The van der Waals surface area contributed by atoms with Crippen molar-refractivity contribution in [1.29, 1.82) is 0 Å². The summed E-state index contributed by atoms with van der Waals surface area (Å²) in [6.07, 6.45) is 0.626. The van der Waals surface area contributed by atoms with Crippen molar-refractivity contribution in [2.24, 2.45) is 5.73 Å². The Morgan fingerprint density at radius 1 is 1.25 bits per heavy atom. The molecule has 0 atom stereocenters. The molecule has 0 unspecified atom stereocenters. The van der Waals surface area contributed by atoms with E-state index in [-0.39, 0.29) is 18.3 Å². The van der Waals surface area contributed by atoms with E-state index in [1.54, 1.807) is 0 Å². The van der Waals surface area contributed by atoms with Crippen LogP contribution in [0.3, 0.4) is 0 Å². The van der Waals surface area contributed by atoms with Crippen LogP contribution in [0.2, 0.25) is 0 Å². The van der Waals surface area contributed by atoms with Gasteiger partial charge in [-0.05, 0) is 31.9 Å². The number of halogens is 2. The lowest BCUT2D eigenvalue weighted by molar-refractivity contribution is -0.0534. The Morgan fingerprint density at radius 3 is 2.31 bits per heavy atom. The number of furan rings is 1. The zero-order valence-corrected chi connectivity index (χ0v) is 9.43. The molecule has 4 heteroatoms. The minimum absolute atomic E-state index is 0.0933. The average Bonchev–Trinajstić information content (AvgIpc) is 2.66. The molecule has 2 N–H and O–H groups in total. The van der Waals surface area contributed by atoms with E-state index in [0.29, 0.717) is 19.4 Å². The number of aryl methyl sites for hydroxylation is 1. The van der Waals surface area contributed by atoms with Crippen LogP contribution >= 0.6 is 0 Å². The molecule has 16 heavy (non-hydrogen) atoms. The maximum absolute atomic E-state index is 13.1. The second kappa shape index (κ2) is 3.84. The highest BCUT2D eigenvalue weighted by Crippen LogP contribution is 2.45. The smallest absolute Gasteiger partial charge is 0.248 e. The SMILES string of the molecule is Cc1ccc(C2(CN)CCC(F)(F)CC2)o1. The van der Waals surface area contributed by atoms with E-state index >= 15 is 0 Å². The lowest BCUT2D eigenvalue weighted by Crippen LogP contribution is -2.41. The van der Waals surface area contributed by atoms with Crippen LogP contribution < -0.4 is 5.73 Å². The fourth-order valence-electron chi connectivity index (χ4n) is 2.36. The summed E-state index contributed by atoms with van der Waals surface area (Å²) >= 11 is 0. The highest BCUT2D eigenvalue weighted by Gasteiger charge is 2.45. The van der Waals surface area contributed by atoms with Crippen molar-refractivity contribution in [1.82, 2.24) is 0 Å². The first kappa shape index (κ1) is 11.6. The lowest BCUT2D eigenvalue weighted by atomic mass is 9.71. The first-order chi connectivity index (χ1) is 7.47. The van der Waals surface area contributed by atoms with Crippen molar-refractivity contribution in [3.8, 4) is 0 Å². The maximum Gasteiger partial charge on any atom is 0.248 e. The molecule has 0 amide bonds. The van der Waals surface area contributed by atoms with Gasteiger partial charge in [-0.15, -0.1) is 0 Å². The Morgan fingerprint density at radius 2 is 1.88 bits per heavy atom. The molecule has 0 aromatic carbocycles. The van der Waals surface area contributed by atoms with Crippen LogP contribution in [0.5, 0.6) is 0 Å². The molecular formula is C12H17F2NO. The van der Waals surface area contributed by atoms with Gasteiger partial charge in [0.05, 0.1) is 0 Å². The van der Waals surface area contributed by atoms with Crippen LogP contribution in [0.1, 0.15) is 37.2 Å². The third kappa shape index (κ3) is 1.98. The minimum Gasteiger partial charge on any atom is -0.466 e. The molecule has 0 bridgehead atoms. The molecule has 1 aliphatic rings. The lowest BCUT2D eigenvalue weighted by Gasteiger charge is -2.37. The van der Waals surface area contributed by atoms with Gasteiger partial charge in [0.2, 0.25) is 5.92 Å². The van der Waals surface area contributed by atoms with E-state index in [2.05, 4.69) is 0 Å². The topological polar surface area (TPSA) is 39.2 Å². The van der Waals surface area contributed by atoms with Gasteiger partial charge in [0, 0.05) is 24.8 Å². The van der Waals surface area contributed by atoms with E-state index < -0.39 is 5.92 Å². The summed E-state index contributed by atoms with van der Waals surface area (Å²) in [6.45, 7) is 2.22. The van der Waals surface area contributed by atoms with E-state index in [1.165, 1.54) is 0 Å². The maximum atomic E-state index is 13.1. The summed E-state index contributed by atoms with van der Waals surface area (Å²) in [5.74, 6) is -0.955. The van der Waals surface area contributed by atoms with Crippen LogP contribution in [-0.4, -0.2) is 12.5 Å². The summed E-state index contributed by atoms with van der Waals surface area (Å²) in [7, 11) is 0.